The van der Waals surface area contributed by atoms with Crippen LogP contribution in [0.1, 0.15) is 0 Å². The Morgan fingerprint density at radius 2 is 1.82 bits per heavy atom. The Morgan fingerprint density at radius 3 is 2.53 bits per heavy atom. The van der Waals surface area contributed by atoms with E-state index < -0.39 is 44.8 Å². The number of sulfonamides is 1. The first kappa shape index (κ1) is 23.7. The van der Waals surface area contributed by atoms with Crippen LogP contribution in [0.5, 0.6) is 0 Å². The first-order chi connectivity index (χ1) is 16.2. The van der Waals surface area contributed by atoms with Crippen LogP contribution in [0.15, 0.2) is 65.8 Å². The first-order valence-electron chi connectivity index (χ1n) is 9.66. The number of hydrogen-bond acceptors (Lipinski definition) is 7. The number of nitrogens with zero attached hydrogens (tertiary/aromatic N) is 3. The first-order valence-corrected chi connectivity index (χ1v) is 11.9. The van der Waals surface area contributed by atoms with Crippen LogP contribution in [0.25, 0.3) is 21.7 Å². The van der Waals surface area contributed by atoms with Crippen molar-refractivity contribution in [3.05, 3.63) is 78.4 Å². The summed E-state index contributed by atoms with van der Waals surface area (Å²) >= 11 is 1.13. The molecule has 4 rings (SSSR count). The second-order valence-electron chi connectivity index (χ2n) is 6.95. The Morgan fingerprint density at radius 1 is 1.09 bits per heavy atom. The number of hydrogen-bond donors (Lipinski definition) is 1. The molecule has 2 aromatic carbocycles. The highest BCUT2D eigenvalue weighted by molar-refractivity contribution is 7.92. The molecule has 0 aliphatic rings. The van der Waals surface area contributed by atoms with Crippen LogP contribution in [-0.2, 0) is 14.8 Å². The zero-order valence-electron chi connectivity index (χ0n) is 17.6. The molecule has 0 atom stereocenters. The van der Waals surface area contributed by atoms with Crippen molar-refractivity contribution in [2.75, 3.05) is 23.9 Å². The van der Waals surface area contributed by atoms with Crippen molar-refractivity contribution in [2.24, 2.45) is 0 Å². The minimum Gasteiger partial charge on any atom is -0.375 e. The lowest BCUT2D eigenvalue weighted by molar-refractivity contribution is 0.209. The van der Waals surface area contributed by atoms with E-state index in [0.29, 0.717) is 26.9 Å². The standard InChI is InChI=1S/C22H17F3N4O3S2/c1-32-12-29(34(30,31)18-11-14(23)5-6-16(18)24)17-4-2-3-15(19(17)25)20-21(33-22(26)28-20)13-7-9-27-10-8-13/h2-11H,12H2,1H3,(H2,26,28). The molecule has 0 spiro atoms. The summed E-state index contributed by atoms with van der Waals surface area (Å²) in [5.74, 6) is -3.11. The van der Waals surface area contributed by atoms with Crippen LogP contribution in [0.3, 0.4) is 0 Å². The van der Waals surface area contributed by atoms with Crippen LogP contribution >= 0.6 is 11.3 Å². The second-order valence-corrected chi connectivity index (χ2v) is 9.81. The van der Waals surface area contributed by atoms with E-state index in [1.54, 1.807) is 24.5 Å². The van der Waals surface area contributed by atoms with E-state index in [1.807, 2.05) is 0 Å². The average molecular weight is 507 g/mol. The molecule has 12 heteroatoms. The van der Waals surface area contributed by atoms with Crippen molar-refractivity contribution >= 4 is 32.2 Å². The highest BCUT2D eigenvalue weighted by Crippen LogP contribution is 2.41. The third kappa shape index (κ3) is 4.34. The van der Waals surface area contributed by atoms with E-state index in [1.165, 1.54) is 25.3 Å². The largest absolute Gasteiger partial charge is 0.375 e. The third-order valence-electron chi connectivity index (χ3n) is 4.80. The Labute approximate surface area is 197 Å². The summed E-state index contributed by atoms with van der Waals surface area (Å²) in [5, 5.41) is 0.176. The molecule has 4 aromatic rings. The molecular weight excluding hydrogens is 489 g/mol. The van der Waals surface area contributed by atoms with Gasteiger partial charge in [-0.15, -0.1) is 0 Å². The average Bonchev–Trinajstić information content (AvgIpc) is 3.21. The SMILES string of the molecule is COCN(c1cccc(-c2nc(N)sc2-c2ccncc2)c1F)S(=O)(=O)c1cc(F)ccc1F. The van der Waals surface area contributed by atoms with Crippen LogP contribution in [0.4, 0.5) is 24.0 Å². The van der Waals surface area contributed by atoms with Gasteiger partial charge in [-0.2, -0.15) is 0 Å². The van der Waals surface area contributed by atoms with E-state index in [4.69, 9.17) is 10.5 Å². The number of pyridine rings is 1. The molecule has 2 N–H and O–H groups in total. The Balaban J connectivity index is 1.88. The smallest absolute Gasteiger partial charge is 0.269 e. The number of thiazole rings is 1. The van der Waals surface area contributed by atoms with Crippen molar-refractivity contribution in [3.63, 3.8) is 0 Å². The van der Waals surface area contributed by atoms with Crippen LogP contribution < -0.4 is 10.0 Å². The molecule has 0 unspecified atom stereocenters. The van der Waals surface area contributed by atoms with Gasteiger partial charge in [-0.3, -0.25) is 4.98 Å². The van der Waals surface area contributed by atoms with Gasteiger partial charge in [-0.1, -0.05) is 17.4 Å². The maximum Gasteiger partial charge on any atom is 0.269 e. The van der Waals surface area contributed by atoms with Gasteiger partial charge in [0.2, 0.25) is 0 Å². The molecule has 2 heterocycles. The van der Waals surface area contributed by atoms with Crippen molar-refractivity contribution < 1.29 is 26.3 Å². The molecule has 7 nitrogen and oxygen atoms in total. The maximum absolute atomic E-state index is 15.8. The van der Waals surface area contributed by atoms with E-state index in [-0.39, 0.29) is 16.4 Å². The van der Waals surface area contributed by atoms with E-state index in [2.05, 4.69) is 9.97 Å². The van der Waals surface area contributed by atoms with Gasteiger partial charge in [0.15, 0.2) is 10.9 Å². The molecule has 34 heavy (non-hydrogen) atoms. The summed E-state index contributed by atoms with van der Waals surface area (Å²) < 4.78 is 75.8. The lowest BCUT2D eigenvalue weighted by atomic mass is 10.1. The predicted molar refractivity (Wildman–Crippen MR) is 123 cm³/mol. The minimum atomic E-state index is -4.75. The second kappa shape index (κ2) is 9.41. The number of nitrogen functional groups attached to an aromatic ring is 1. The van der Waals surface area contributed by atoms with Crippen molar-refractivity contribution in [2.45, 2.75) is 4.90 Å². The quantitative estimate of drug-likeness (QED) is 0.366. The Bertz CT molecular complexity index is 1450. The van der Waals surface area contributed by atoms with Gasteiger partial charge in [0, 0.05) is 25.1 Å². The molecule has 176 valence electrons. The minimum absolute atomic E-state index is 0.0340. The zero-order valence-corrected chi connectivity index (χ0v) is 19.2. The van der Waals surface area contributed by atoms with Gasteiger partial charge in [0.05, 0.1) is 16.3 Å². The monoisotopic (exact) mass is 506 g/mol. The van der Waals surface area contributed by atoms with Crippen LogP contribution in [-0.4, -0.2) is 32.2 Å². The summed E-state index contributed by atoms with van der Waals surface area (Å²) in [6.07, 6.45) is 3.12. The van der Waals surface area contributed by atoms with Gasteiger partial charge in [0.25, 0.3) is 10.0 Å². The molecule has 0 amide bonds. The summed E-state index contributed by atoms with van der Waals surface area (Å²) in [6, 6.07) is 9.41. The molecule has 0 aliphatic carbocycles. The maximum atomic E-state index is 15.8. The van der Waals surface area contributed by atoms with E-state index in [0.717, 1.165) is 17.4 Å². The number of methoxy groups -OCH3 is 1. The van der Waals surface area contributed by atoms with Gasteiger partial charge in [0.1, 0.15) is 23.3 Å². The molecule has 0 saturated carbocycles. The van der Waals surface area contributed by atoms with Gasteiger partial charge >= 0.3 is 0 Å². The molecule has 0 aliphatic heterocycles. The van der Waals surface area contributed by atoms with Crippen LogP contribution in [0.2, 0.25) is 0 Å². The lowest BCUT2D eigenvalue weighted by Gasteiger charge is -2.25. The fourth-order valence-corrected chi connectivity index (χ4v) is 5.60. The van der Waals surface area contributed by atoms with Crippen LogP contribution in [0, 0.1) is 17.5 Å². The zero-order chi connectivity index (χ0) is 24.5. The third-order valence-corrected chi connectivity index (χ3v) is 7.48. The predicted octanol–water partition coefficient (Wildman–Crippen LogP) is 4.67. The highest BCUT2D eigenvalue weighted by Gasteiger charge is 2.32. The van der Waals surface area contributed by atoms with E-state index >= 15 is 4.39 Å². The topological polar surface area (TPSA) is 98.4 Å². The Hall–Kier alpha value is -3.48. The fraction of sp³-hybridized carbons (Fsp3) is 0.0909. The number of ether oxygens (including phenoxy) is 1. The summed E-state index contributed by atoms with van der Waals surface area (Å²) in [5.41, 5.74) is 6.30. The van der Waals surface area contributed by atoms with Gasteiger partial charge in [-0.25, -0.2) is 30.9 Å². The number of aromatic nitrogens is 2. The number of rotatable bonds is 7. The van der Waals surface area contributed by atoms with Crippen molar-refractivity contribution in [3.8, 4) is 21.7 Å². The lowest BCUT2D eigenvalue weighted by Crippen LogP contribution is -2.34. The molecule has 0 radical (unpaired) electrons. The number of halogens is 3. The molecular formula is C22H17F3N4O3S2. The fourth-order valence-electron chi connectivity index (χ4n) is 3.29. The van der Waals surface area contributed by atoms with E-state index in [9.17, 15) is 17.2 Å². The molecule has 0 saturated heterocycles. The summed E-state index contributed by atoms with van der Waals surface area (Å²) in [6.45, 7) is -0.658. The summed E-state index contributed by atoms with van der Waals surface area (Å²) in [4.78, 5) is 7.79. The number of nitrogens with two attached hydrogens (primary N) is 1. The molecule has 0 bridgehead atoms. The van der Waals surface area contributed by atoms with Crippen molar-refractivity contribution in [1.29, 1.82) is 0 Å². The molecule has 0 fully saturated rings. The normalized spacial score (nSPS) is 11.5. The number of anilines is 2. The van der Waals surface area contributed by atoms with Gasteiger partial charge < -0.3 is 10.5 Å². The highest BCUT2D eigenvalue weighted by atomic mass is 32.2. The Kier molecular flexibility index (Phi) is 6.55. The summed E-state index contributed by atoms with van der Waals surface area (Å²) in [7, 11) is -3.56. The number of benzene rings is 2. The molecule has 2 aromatic heterocycles. The van der Waals surface area contributed by atoms with Gasteiger partial charge in [-0.05, 0) is 48.0 Å². The van der Waals surface area contributed by atoms with Crippen molar-refractivity contribution in [1.82, 2.24) is 9.97 Å².